The maximum atomic E-state index is 12.1. The number of carbonyl (C=O) groups excluding carboxylic acids is 1. The third kappa shape index (κ3) is 3.50. The van der Waals surface area contributed by atoms with Gasteiger partial charge in [0.15, 0.2) is 6.29 Å². The summed E-state index contributed by atoms with van der Waals surface area (Å²) in [5, 5.41) is 9.96. The SMILES string of the molecule is CCOC(O)c1[nH]c(=O)n2c1CN(C(=O)OC(C)(C)C)CC2. The standard InChI is InChI=1S/C14H23N3O5/c1-5-21-11(18)10-9-8-16(13(20)22-14(2,3)4)6-7-17(9)12(19)15-10/h11,18H,5-8H2,1-4H3,(H,15,19). The second kappa shape index (κ2) is 6.13. The van der Waals surface area contributed by atoms with Crippen LogP contribution in [0.25, 0.3) is 0 Å². The van der Waals surface area contributed by atoms with E-state index in [1.807, 2.05) is 0 Å². The number of H-pyrrole nitrogens is 1. The van der Waals surface area contributed by atoms with E-state index in [-0.39, 0.29) is 12.2 Å². The van der Waals surface area contributed by atoms with Crippen molar-refractivity contribution >= 4 is 6.09 Å². The molecule has 1 atom stereocenters. The zero-order valence-corrected chi connectivity index (χ0v) is 13.4. The van der Waals surface area contributed by atoms with Crippen LogP contribution in [0.3, 0.4) is 0 Å². The molecule has 0 saturated heterocycles. The van der Waals surface area contributed by atoms with Crippen LogP contribution in [0.1, 0.15) is 45.4 Å². The molecule has 1 aliphatic heterocycles. The first-order chi connectivity index (χ1) is 10.2. The van der Waals surface area contributed by atoms with Crippen molar-refractivity contribution in [1.29, 1.82) is 0 Å². The van der Waals surface area contributed by atoms with Gasteiger partial charge in [-0.2, -0.15) is 0 Å². The Morgan fingerprint density at radius 3 is 2.68 bits per heavy atom. The van der Waals surface area contributed by atoms with E-state index in [0.29, 0.717) is 31.1 Å². The maximum Gasteiger partial charge on any atom is 0.410 e. The molecule has 0 aliphatic carbocycles. The Morgan fingerprint density at radius 2 is 2.09 bits per heavy atom. The van der Waals surface area contributed by atoms with E-state index in [1.54, 1.807) is 27.7 Å². The number of nitrogens with zero attached hydrogens (tertiary/aromatic N) is 2. The molecule has 22 heavy (non-hydrogen) atoms. The smallest absolute Gasteiger partial charge is 0.410 e. The molecule has 2 rings (SSSR count). The predicted molar refractivity (Wildman–Crippen MR) is 78.3 cm³/mol. The minimum absolute atomic E-state index is 0.188. The highest BCUT2D eigenvalue weighted by Crippen LogP contribution is 2.22. The quantitative estimate of drug-likeness (QED) is 0.810. The number of nitrogens with one attached hydrogen (secondary N) is 1. The van der Waals surface area contributed by atoms with Crippen LogP contribution >= 0.6 is 0 Å². The first-order valence-corrected chi connectivity index (χ1v) is 7.32. The summed E-state index contributed by atoms with van der Waals surface area (Å²) in [5.74, 6) is 0. The van der Waals surface area contributed by atoms with E-state index >= 15 is 0 Å². The van der Waals surface area contributed by atoms with E-state index in [1.165, 1.54) is 9.47 Å². The molecular formula is C14H23N3O5. The van der Waals surface area contributed by atoms with Crippen molar-refractivity contribution in [2.75, 3.05) is 13.2 Å². The van der Waals surface area contributed by atoms with Crippen LogP contribution in [0, 0.1) is 0 Å². The number of carbonyl (C=O) groups is 1. The van der Waals surface area contributed by atoms with Gasteiger partial charge in [-0.15, -0.1) is 0 Å². The van der Waals surface area contributed by atoms with Crippen molar-refractivity contribution < 1.29 is 19.4 Å². The van der Waals surface area contributed by atoms with E-state index < -0.39 is 18.0 Å². The van der Waals surface area contributed by atoms with E-state index in [4.69, 9.17) is 9.47 Å². The van der Waals surface area contributed by atoms with Gasteiger partial charge in [-0.25, -0.2) is 9.59 Å². The molecule has 2 N–H and O–H groups in total. The number of amides is 1. The van der Waals surface area contributed by atoms with Gasteiger partial charge in [-0.05, 0) is 27.7 Å². The fourth-order valence-electron chi connectivity index (χ4n) is 2.34. The summed E-state index contributed by atoms with van der Waals surface area (Å²) in [7, 11) is 0. The van der Waals surface area contributed by atoms with Gasteiger partial charge in [0.25, 0.3) is 0 Å². The van der Waals surface area contributed by atoms with Crippen LogP contribution in [0.15, 0.2) is 4.79 Å². The number of aliphatic hydroxyl groups excluding tert-OH is 1. The van der Waals surface area contributed by atoms with Crippen LogP contribution in [0.4, 0.5) is 4.79 Å². The van der Waals surface area contributed by atoms with Gasteiger partial charge in [0, 0.05) is 19.7 Å². The van der Waals surface area contributed by atoms with Crippen LogP contribution in [0.2, 0.25) is 0 Å². The molecule has 2 heterocycles. The van der Waals surface area contributed by atoms with Gasteiger partial charge in [0.1, 0.15) is 5.60 Å². The molecule has 1 aromatic heterocycles. The number of ether oxygens (including phenoxy) is 2. The second-order valence-corrected chi connectivity index (χ2v) is 6.15. The summed E-state index contributed by atoms with van der Waals surface area (Å²) >= 11 is 0. The van der Waals surface area contributed by atoms with Crippen LogP contribution in [-0.4, -0.2) is 44.4 Å². The molecule has 0 radical (unpaired) electrons. The molecule has 1 aliphatic rings. The van der Waals surface area contributed by atoms with Gasteiger partial charge in [0.2, 0.25) is 0 Å². The number of aromatic nitrogens is 2. The van der Waals surface area contributed by atoms with Crippen molar-refractivity contribution in [2.45, 2.75) is 52.7 Å². The zero-order chi connectivity index (χ0) is 16.5. The van der Waals surface area contributed by atoms with Gasteiger partial charge >= 0.3 is 11.8 Å². The lowest BCUT2D eigenvalue weighted by atomic mass is 10.2. The topological polar surface area (TPSA) is 96.8 Å². The van der Waals surface area contributed by atoms with Crippen molar-refractivity contribution in [2.24, 2.45) is 0 Å². The molecular weight excluding hydrogens is 290 g/mol. The Bertz CT molecular complexity index is 599. The predicted octanol–water partition coefficient (Wildman–Crippen LogP) is 0.954. The average Bonchev–Trinajstić information content (AvgIpc) is 2.74. The van der Waals surface area contributed by atoms with E-state index in [0.717, 1.165) is 0 Å². The molecule has 124 valence electrons. The monoisotopic (exact) mass is 313 g/mol. The summed E-state index contributed by atoms with van der Waals surface area (Å²) in [6.07, 6.45) is -1.66. The summed E-state index contributed by atoms with van der Waals surface area (Å²) in [5.41, 5.74) is -0.0595. The Hall–Kier alpha value is -1.80. The fourth-order valence-corrected chi connectivity index (χ4v) is 2.34. The van der Waals surface area contributed by atoms with Gasteiger partial charge in [-0.3, -0.25) is 4.57 Å². The highest BCUT2D eigenvalue weighted by molar-refractivity contribution is 5.68. The Labute approximate surface area is 128 Å². The first kappa shape index (κ1) is 16.6. The highest BCUT2D eigenvalue weighted by atomic mass is 16.6. The van der Waals surface area contributed by atoms with Crippen molar-refractivity contribution in [3.8, 4) is 0 Å². The molecule has 1 unspecified atom stereocenters. The van der Waals surface area contributed by atoms with Crippen molar-refractivity contribution in [3.63, 3.8) is 0 Å². The average molecular weight is 313 g/mol. The van der Waals surface area contributed by atoms with Crippen LogP contribution in [-0.2, 0) is 22.6 Å². The lowest BCUT2D eigenvalue weighted by Crippen LogP contribution is -2.43. The molecule has 1 amide bonds. The maximum absolute atomic E-state index is 12.1. The summed E-state index contributed by atoms with van der Waals surface area (Å²) in [4.78, 5) is 28.2. The minimum Gasteiger partial charge on any atom is -0.444 e. The van der Waals surface area contributed by atoms with Gasteiger partial charge < -0.3 is 24.5 Å². The fraction of sp³-hybridized carbons (Fsp3) is 0.714. The van der Waals surface area contributed by atoms with E-state index in [2.05, 4.69) is 4.98 Å². The van der Waals surface area contributed by atoms with Crippen LogP contribution in [0.5, 0.6) is 0 Å². The minimum atomic E-state index is -1.22. The first-order valence-electron chi connectivity index (χ1n) is 7.32. The molecule has 0 bridgehead atoms. The number of fused-ring (bicyclic) bond motifs is 1. The Morgan fingerprint density at radius 1 is 1.41 bits per heavy atom. The molecule has 0 aromatic carbocycles. The van der Waals surface area contributed by atoms with Gasteiger partial charge in [-0.1, -0.05) is 0 Å². The molecule has 0 saturated carbocycles. The number of hydrogen-bond acceptors (Lipinski definition) is 5. The second-order valence-electron chi connectivity index (χ2n) is 6.15. The van der Waals surface area contributed by atoms with Crippen molar-refractivity contribution in [1.82, 2.24) is 14.5 Å². The number of rotatable bonds is 3. The normalized spacial score (nSPS) is 16.3. The van der Waals surface area contributed by atoms with Gasteiger partial charge in [0.05, 0.1) is 17.9 Å². The largest absolute Gasteiger partial charge is 0.444 e. The molecule has 1 aromatic rings. The number of imidazole rings is 1. The number of hydrogen-bond donors (Lipinski definition) is 2. The molecule has 0 spiro atoms. The van der Waals surface area contributed by atoms with Crippen LogP contribution < -0.4 is 5.69 Å². The Balaban J connectivity index is 2.22. The zero-order valence-electron chi connectivity index (χ0n) is 13.4. The number of aliphatic hydroxyl groups is 1. The number of aromatic amines is 1. The third-order valence-corrected chi connectivity index (χ3v) is 3.28. The lowest BCUT2D eigenvalue weighted by Gasteiger charge is -2.31. The third-order valence-electron chi connectivity index (χ3n) is 3.28. The lowest BCUT2D eigenvalue weighted by molar-refractivity contribution is -0.102. The Kier molecular flexibility index (Phi) is 4.62. The molecule has 8 nitrogen and oxygen atoms in total. The van der Waals surface area contributed by atoms with Crippen molar-refractivity contribution in [3.05, 3.63) is 21.9 Å². The summed E-state index contributed by atoms with van der Waals surface area (Å²) in [6.45, 7) is 8.36. The van der Waals surface area contributed by atoms with E-state index in [9.17, 15) is 14.7 Å². The molecule has 0 fully saturated rings. The summed E-state index contributed by atoms with van der Waals surface area (Å²) in [6, 6.07) is 0. The summed E-state index contributed by atoms with van der Waals surface area (Å²) < 4.78 is 12.0. The highest BCUT2D eigenvalue weighted by Gasteiger charge is 2.30. The molecule has 8 heteroatoms.